The highest BCUT2D eigenvalue weighted by atomic mass is 16.3. The molecule has 4 heteroatoms. The van der Waals surface area contributed by atoms with Gasteiger partial charge in [-0.15, -0.1) is 0 Å². The van der Waals surface area contributed by atoms with E-state index in [1.807, 2.05) is 41.5 Å². The van der Waals surface area contributed by atoms with Crippen molar-refractivity contribution >= 4 is 0 Å². The number of β-amino-alcohol motifs (C(OH)–C–C–N with tert-alkyl or cyclic N) is 1. The summed E-state index contributed by atoms with van der Waals surface area (Å²) < 4.78 is 0. The van der Waals surface area contributed by atoms with Crippen LogP contribution in [0.3, 0.4) is 0 Å². The Morgan fingerprint density at radius 3 is 2.42 bits per heavy atom. The van der Waals surface area contributed by atoms with Crippen LogP contribution in [0.5, 0.6) is 0 Å². The minimum absolute atomic E-state index is 0.642. The molecule has 108 valence electrons. The largest absolute Gasteiger partial charge is 0.389 e. The fraction of sp³-hybridized carbons (Fsp3) is 0.733. The van der Waals surface area contributed by atoms with E-state index in [0.717, 1.165) is 31.0 Å². The van der Waals surface area contributed by atoms with E-state index in [1.165, 1.54) is 11.3 Å². The van der Waals surface area contributed by atoms with Crippen LogP contribution in [0.1, 0.15) is 50.5 Å². The van der Waals surface area contributed by atoms with E-state index in [4.69, 9.17) is 0 Å². The van der Waals surface area contributed by atoms with E-state index < -0.39 is 5.60 Å². The summed E-state index contributed by atoms with van der Waals surface area (Å²) >= 11 is 0. The first-order valence-electron chi connectivity index (χ1n) is 7.13. The fourth-order valence-electron chi connectivity index (χ4n) is 2.47. The van der Waals surface area contributed by atoms with Gasteiger partial charge in [0.05, 0.1) is 11.3 Å². The molecule has 1 aliphatic heterocycles. The Labute approximate surface area is 116 Å². The van der Waals surface area contributed by atoms with E-state index in [9.17, 15) is 5.11 Å². The van der Waals surface area contributed by atoms with E-state index in [0.29, 0.717) is 6.54 Å². The number of aliphatic hydroxyl groups is 1. The van der Waals surface area contributed by atoms with Gasteiger partial charge in [-0.1, -0.05) is 13.8 Å². The number of aryl methyl sites for hydroxylation is 2. The van der Waals surface area contributed by atoms with Gasteiger partial charge in [-0.2, -0.15) is 0 Å². The lowest BCUT2D eigenvalue weighted by Gasteiger charge is -2.33. The zero-order valence-electron chi connectivity index (χ0n) is 13.1. The average Bonchev–Trinajstić information content (AvgIpc) is 2.30. The quantitative estimate of drug-likeness (QED) is 0.891. The van der Waals surface area contributed by atoms with Crippen LogP contribution in [0.4, 0.5) is 0 Å². The molecule has 0 unspecified atom stereocenters. The van der Waals surface area contributed by atoms with Gasteiger partial charge in [0.25, 0.3) is 0 Å². The molecule has 19 heavy (non-hydrogen) atoms. The maximum absolute atomic E-state index is 9.86. The third-order valence-electron chi connectivity index (χ3n) is 3.07. The first-order chi connectivity index (χ1) is 8.85. The number of nitrogens with zero attached hydrogens (tertiary/aromatic N) is 3. The van der Waals surface area contributed by atoms with Crippen molar-refractivity contribution in [2.75, 3.05) is 13.1 Å². The molecule has 4 nitrogen and oxygen atoms in total. The van der Waals surface area contributed by atoms with Crippen LogP contribution in [-0.2, 0) is 13.0 Å². The summed E-state index contributed by atoms with van der Waals surface area (Å²) in [5, 5.41) is 9.86. The molecule has 0 amide bonds. The van der Waals surface area contributed by atoms with Crippen molar-refractivity contribution in [1.29, 1.82) is 0 Å². The Balaban J connectivity index is 0.000000861. The normalized spacial score (nSPS) is 15.5. The predicted molar refractivity (Wildman–Crippen MR) is 78.1 cm³/mol. The number of aromatic nitrogens is 2. The Morgan fingerprint density at radius 2 is 1.84 bits per heavy atom. The lowest BCUT2D eigenvalue weighted by molar-refractivity contribution is 0.0313. The minimum atomic E-state index is -0.642. The van der Waals surface area contributed by atoms with Crippen LogP contribution in [0.25, 0.3) is 0 Å². The van der Waals surface area contributed by atoms with Gasteiger partial charge in [0.2, 0.25) is 0 Å². The molecule has 0 saturated carbocycles. The van der Waals surface area contributed by atoms with Crippen LogP contribution in [0, 0.1) is 13.8 Å². The molecule has 1 N–H and O–H groups in total. The molecule has 1 aromatic rings. The van der Waals surface area contributed by atoms with Crippen LogP contribution < -0.4 is 0 Å². The SMILES string of the molecule is CC.Cc1nc(C)c2c(n1)CCN(CC(C)(C)O)C2. The molecule has 2 heterocycles. The van der Waals surface area contributed by atoms with Gasteiger partial charge in [0.1, 0.15) is 5.82 Å². The van der Waals surface area contributed by atoms with E-state index in [2.05, 4.69) is 14.9 Å². The molecule has 0 saturated heterocycles. The summed E-state index contributed by atoms with van der Waals surface area (Å²) in [4.78, 5) is 11.2. The summed E-state index contributed by atoms with van der Waals surface area (Å²) in [5.41, 5.74) is 2.86. The van der Waals surface area contributed by atoms with Gasteiger partial charge in [-0.05, 0) is 27.7 Å². The lowest BCUT2D eigenvalue weighted by atomic mass is 10.0. The van der Waals surface area contributed by atoms with Crippen LogP contribution in [0.2, 0.25) is 0 Å². The Kier molecular flexibility index (Phi) is 5.44. The topological polar surface area (TPSA) is 49.2 Å². The number of fused-ring (bicyclic) bond motifs is 1. The van der Waals surface area contributed by atoms with Crippen molar-refractivity contribution in [1.82, 2.24) is 14.9 Å². The summed E-state index contributed by atoms with van der Waals surface area (Å²) in [6, 6.07) is 0. The Morgan fingerprint density at radius 1 is 1.21 bits per heavy atom. The molecule has 0 aromatic carbocycles. The van der Waals surface area contributed by atoms with Crippen LogP contribution in [-0.4, -0.2) is 38.7 Å². The van der Waals surface area contributed by atoms with E-state index in [1.54, 1.807) is 0 Å². The summed E-state index contributed by atoms with van der Waals surface area (Å²) in [6.45, 7) is 14.2. The fourth-order valence-corrected chi connectivity index (χ4v) is 2.47. The number of hydrogen-bond donors (Lipinski definition) is 1. The maximum Gasteiger partial charge on any atom is 0.125 e. The molecule has 1 aromatic heterocycles. The monoisotopic (exact) mass is 265 g/mol. The van der Waals surface area contributed by atoms with Crippen LogP contribution in [0.15, 0.2) is 0 Å². The molecule has 1 aliphatic rings. The van der Waals surface area contributed by atoms with Gasteiger partial charge in [-0.25, -0.2) is 9.97 Å². The third kappa shape index (κ3) is 4.55. The molecule has 2 rings (SSSR count). The molecule has 0 aliphatic carbocycles. The molecule has 0 radical (unpaired) electrons. The summed E-state index contributed by atoms with van der Waals surface area (Å²) in [5.74, 6) is 0.859. The Hall–Kier alpha value is -1.00. The third-order valence-corrected chi connectivity index (χ3v) is 3.07. The van der Waals surface area contributed by atoms with Gasteiger partial charge in [0.15, 0.2) is 0 Å². The average molecular weight is 265 g/mol. The summed E-state index contributed by atoms with van der Waals surface area (Å²) in [6.07, 6.45) is 0.954. The van der Waals surface area contributed by atoms with E-state index in [-0.39, 0.29) is 0 Å². The maximum atomic E-state index is 9.86. The highest BCUT2D eigenvalue weighted by Crippen LogP contribution is 2.21. The van der Waals surface area contributed by atoms with Crippen molar-refractivity contribution in [3.63, 3.8) is 0 Å². The summed E-state index contributed by atoms with van der Waals surface area (Å²) in [7, 11) is 0. The van der Waals surface area contributed by atoms with Crippen molar-refractivity contribution in [2.24, 2.45) is 0 Å². The lowest BCUT2D eigenvalue weighted by Crippen LogP contribution is -2.41. The van der Waals surface area contributed by atoms with Gasteiger partial charge < -0.3 is 5.11 Å². The van der Waals surface area contributed by atoms with Crippen LogP contribution >= 0.6 is 0 Å². The molecule has 0 spiro atoms. The second-order valence-electron chi connectivity index (χ2n) is 5.55. The smallest absolute Gasteiger partial charge is 0.125 e. The zero-order chi connectivity index (χ0) is 14.6. The van der Waals surface area contributed by atoms with Gasteiger partial charge in [0, 0.05) is 37.3 Å². The first kappa shape index (κ1) is 16.1. The molecule has 0 bridgehead atoms. The van der Waals surface area contributed by atoms with Crippen molar-refractivity contribution in [2.45, 2.75) is 60.1 Å². The zero-order valence-corrected chi connectivity index (χ0v) is 13.1. The predicted octanol–water partition coefficient (Wildman–Crippen LogP) is 2.25. The molecule has 0 fully saturated rings. The van der Waals surface area contributed by atoms with E-state index >= 15 is 0 Å². The highest BCUT2D eigenvalue weighted by Gasteiger charge is 2.24. The number of hydrogen-bond acceptors (Lipinski definition) is 4. The second-order valence-corrected chi connectivity index (χ2v) is 5.55. The highest BCUT2D eigenvalue weighted by molar-refractivity contribution is 5.27. The van der Waals surface area contributed by atoms with Gasteiger partial charge >= 0.3 is 0 Å². The van der Waals surface area contributed by atoms with Gasteiger partial charge in [-0.3, -0.25) is 4.90 Å². The van der Waals surface area contributed by atoms with Crippen molar-refractivity contribution in [3.05, 3.63) is 22.8 Å². The first-order valence-corrected chi connectivity index (χ1v) is 7.13. The molecular weight excluding hydrogens is 238 g/mol. The molecule has 0 atom stereocenters. The minimum Gasteiger partial charge on any atom is -0.389 e. The van der Waals surface area contributed by atoms with Crippen molar-refractivity contribution < 1.29 is 5.11 Å². The Bertz CT molecular complexity index is 424. The second kappa shape index (κ2) is 6.44. The number of rotatable bonds is 2. The molecular formula is C15H27N3O. The standard InChI is InChI=1S/C13H21N3O.C2H6/c1-9-11-7-16(8-13(3,4)17)6-5-12(11)15-10(2)14-9;1-2/h17H,5-8H2,1-4H3;1-2H3. The van der Waals surface area contributed by atoms with Crippen molar-refractivity contribution in [3.8, 4) is 0 Å².